The van der Waals surface area contributed by atoms with Crippen LogP contribution in [0.4, 0.5) is 17.1 Å². The number of non-ortho nitro benzene ring substituents is 1. The molecule has 3 aromatic rings. The van der Waals surface area contributed by atoms with Crippen LogP contribution in [0.3, 0.4) is 0 Å². The average molecular weight is 429 g/mol. The van der Waals surface area contributed by atoms with Crippen LogP contribution in [0.25, 0.3) is 10.9 Å². The maximum Gasteiger partial charge on any atom is 0.270 e. The summed E-state index contributed by atoms with van der Waals surface area (Å²) in [5, 5.41) is 30.0. The summed E-state index contributed by atoms with van der Waals surface area (Å²) in [4.78, 5) is 13.1. The molecule has 0 bridgehead atoms. The molecule has 2 N–H and O–H groups in total. The fourth-order valence-electron chi connectivity index (χ4n) is 3.47. The van der Waals surface area contributed by atoms with Crippen molar-refractivity contribution < 1.29 is 18.4 Å². The molecule has 11 heteroatoms. The minimum Gasteiger partial charge on any atom is -0.493 e. The smallest absolute Gasteiger partial charge is 0.270 e. The summed E-state index contributed by atoms with van der Waals surface area (Å²) in [7, 11) is -3.99. The van der Waals surface area contributed by atoms with Crippen molar-refractivity contribution in [2.24, 2.45) is 10.2 Å². The van der Waals surface area contributed by atoms with Gasteiger partial charge in [-0.25, -0.2) is 8.42 Å². The number of para-hydroxylation sites is 1. The fourth-order valence-corrected chi connectivity index (χ4v) is 5.13. The third-order valence-corrected chi connectivity index (χ3v) is 6.93. The number of nitro groups is 1. The molecule has 0 spiro atoms. The van der Waals surface area contributed by atoms with Crippen molar-refractivity contribution in [1.82, 2.24) is 9.29 Å². The molecule has 0 atom stereocenters. The van der Waals surface area contributed by atoms with Gasteiger partial charge in [0.1, 0.15) is 10.6 Å². The first kappa shape index (κ1) is 20.0. The van der Waals surface area contributed by atoms with Crippen LogP contribution in [-0.4, -0.2) is 40.8 Å². The van der Waals surface area contributed by atoms with Gasteiger partial charge in [-0.2, -0.15) is 4.31 Å². The van der Waals surface area contributed by atoms with Crippen LogP contribution in [0.15, 0.2) is 57.6 Å². The van der Waals surface area contributed by atoms with Crippen molar-refractivity contribution in [3.8, 4) is 5.88 Å². The number of aromatic nitrogens is 1. The summed E-state index contributed by atoms with van der Waals surface area (Å²) in [6.45, 7) is 0.704. The highest BCUT2D eigenvalue weighted by Gasteiger charge is 2.30. The standard InChI is InChI=1S/C19H19N5O5S/c25-19-18(14-6-2-3-7-15(14)20-19)22-21-16-9-8-13(24(26)27)12-17(16)30(28,29)23-10-4-1-5-11-23/h2-3,6-9,12,20,25H,1,4-5,10-11H2. The second-order valence-electron chi connectivity index (χ2n) is 6.94. The summed E-state index contributed by atoms with van der Waals surface area (Å²) in [6, 6.07) is 10.5. The zero-order chi connectivity index (χ0) is 21.3. The number of nitro benzene ring substituents is 1. The molecular formula is C19H19N5O5S. The van der Waals surface area contributed by atoms with Gasteiger partial charge in [0.15, 0.2) is 5.69 Å². The van der Waals surface area contributed by atoms with E-state index >= 15 is 0 Å². The average Bonchev–Trinajstić information content (AvgIpc) is 3.07. The van der Waals surface area contributed by atoms with Crippen LogP contribution in [-0.2, 0) is 10.0 Å². The number of benzene rings is 2. The Bertz CT molecular complexity index is 1250. The third-order valence-electron chi connectivity index (χ3n) is 5.00. The molecule has 0 radical (unpaired) electrons. The maximum absolute atomic E-state index is 13.2. The SMILES string of the molecule is O=[N+]([O-])c1ccc(N=Nc2c(O)[nH]c3ccccc23)c(S(=O)(=O)N2CCCCC2)c1. The Morgan fingerprint density at radius 3 is 2.53 bits per heavy atom. The second-order valence-corrected chi connectivity index (χ2v) is 8.85. The van der Waals surface area contributed by atoms with Crippen molar-refractivity contribution >= 4 is 38.0 Å². The first-order valence-electron chi connectivity index (χ1n) is 9.38. The van der Waals surface area contributed by atoms with E-state index in [0.29, 0.717) is 24.0 Å². The lowest BCUT2D eigenvalue weighted by Gasteiger charge is -2.26. The Labute approximate surface area is 172 Å². The summed E-state index contributed by atoms with van der Waals surface area (Å²) in [5.74, 6) is -0.206. The van der Waals surface area contributed by atoms with E-state index in [9.17, 15) is 23.6 Å². The molecule has 0 saturated carbocycles. The lowest BCUT2D eigenvalue weighted by molar-refractivity contribution is -0.385. The number of piperidine rings is 1. The van der Waals surface area contributed by atoms with Gasteiger partial charge in [-0.1, -0.05) is 24.6 Å². The van der Waals surface area contributed by atoms with Gasteiger partial charge in [0, 0.05) is 30.6 Å². The van der Waals surface area contributed by atoms with Crippen molar-refractivity contribution in [3.63, 3.8) is 0 Å². The number of rotatable bonds is 5. The Morgan fingerprint density at radius 2 is 1.80 bits per heavy atom. The molecule has 2 heterocycles. The number of hydrogen-bond acceptors (Lipinski definition) is 7. The molecule has 1 saturated heterocycles. The maximum atomic E-state index is 13.2. The van der Waals surface area contributed by atoms with Crippen LogP contribution >= 0.6 is 0 Å². The Hall–Kier alpha value is -3.31. The quantitative estimate of drug-likeness (QED) is 0.352. The molecule has 1 aromatic heterocycles. The van der Waals surface area contributed by atoms with Crippen LogP contribution in [0.2, 0.25) is 0 Å². The number of aromatic amines is 1. The number of nitrogens with zero attached hydrogens (tertiary/aromatic N) is 4. The zero-order valence-electron chi connectivity index (χ0n) is 15.9. The number of fused-ring (bicyclic) bond motifs is 1. The van der Waals surface area contributed by atoms with Crippen molar-refractivity contribution in [2.45, 2.75) is 24.2 Å². The number of sulfonamides is 1. The number of nitrogens with one attached hydrogen (secondary N) is 1. The molecule has 156 valence electrons. The van der Waals surface area contributed by atoms with Gasteiger partial charge in [0.2, 0.25) is 15.9 Å². The number of hydrogen-bond donors (Lipinski definition) is 2. The molecule has 4 rings (SSSR count). The molecule has 1 aliphatic heterocycles. The van der Waals surface area contributed by atoms with E-state index in [1.54, 1.807) is 24.3 Å². The van der Waals surface area contributed by atoms with Gasteiger partial charge >= 0.3 is 0 Å². The minimum atomic E-state index is -3.99. The van der Waals surface area contributed by atoms with E-state index in [-0.39, 0.29) is 27.8 Å². The Kier molecular flexibility index (Phi) is 5.22. The summed E-state index contributed by atoms with van der Waals surface area (Å²) >= 11 is 0. The van der Waals surface area contributed by atoms with Gasteiger partial charge in [-0.05, 0) is 25.0 Å². The largest absolute Gasteiger partial charge is 0.493 e. The van der Waals surface area contributed by atoms with E-state index in [4.69, 9.17) is 0 Å². The molecular weight excluding hydrogens is 410 g/mol. The molecule has 1 fully saturated rings. The number of aromatic hydroxyl groups is 1. The first-order valence-corrected chi connectivity index (χ1v) is 10.8. The predicted octanol–water partition coefficient (Wildman–Crippen LogP) is 4.37. The van der Waals surface area contributed by atoms with Gasteiger partial charge in [0.05, 0.1) is 10.4 Å². The van der Waals surface area contributed by atoms with E-state index < -0.39 is 14.9 Å². The molecule has 1 aliphatic rings. The van der Waals surface area contributed by atoms with E-state index in [1.807, 2.05) is 0 Å². The van der Waals surface area contributed by atoms with E-state index in [2.05, 4.69) is 15.2 Å². The van der Waals surface area contributed by atoms with Gasteiger partial charge in [-0.3, -0.25) is 10.1 Å². The lowest BCUT2D eigenvalue weighted by Crippen LogP contribution is -2.35. The first-order chi connectivity index (χ1) is 14.4. The van der Waals surface area contributed by atoms with Crippen molar-refractivity contribution in [1.29, 1.82) is 0 Å². The van der Waals surface area contributed by atoms with Crippen LogP contribution in [0.5, 0.6) is 5.88 Å². The number of H-pyrrole nitrogens is 1. The highest BCUT2D eigenvalue weighted by Crippen LogP contribution is 2.38. The molecule has 0 amide bonds. The normalized spacial score (nSPS) is 15.7. The van der Waals surface area contributed by atoms with Crippen molar-refractivity contribution in [3.05, 3.63) is 52.6 Å². The van der Waals surface area contributed by atoms with E-state index in [1.165, 1.54) is 16.4 Å². The summed E-state index contributed by atoms with van der Waals surface area (Å²) < 4.78 is 27.7. The second kappa shape index (κ2) is 7.84. The highest BCUT2D eigenvalue weighted by molar-refractivity contribution is 7.89. The Morgan fingerprint density at radius 1 is 1.07 bits per heavy atom. The third kappa shape index (κ3) is 3.64. The fraction of sp³-hybridized carbons (Fsp3) is 0.263. The zero-order valence-corrected chi connectivity index (χ0v) is 16.7. The van der Waals surface area contributed by atoms with Crippen LogP contribution in [0, 0.1) is 10.1 Å². The molecule has 30 heavy (non-hydrogen) atoms. The Balaban J connectivity index is 1.80. The highest BCUT2D eigenvalue weighted by atomic mass is 32.2. The summed E-state index contributed by atoms with van der Waals surface area (Å²) in [6.07, 6.45) is 2.40. The van der Waals surface area contributed by atoms with Crippen molar-refractivity contribution in [2.75, 3.05) is 13.1 Å². The lowest BCUT2D eigenvalue weighted by atomic mass is 10.2. The topological polar surface area (TPSA) is 141 Å². The van der Waals surface area contributed by atoms with Gasteiger partial charge in [0.25, 0.3) is 5.69 Å². The van der Waals surface area contributed by atoms with Gasteiger partial charge in [-0.15, -0.1) is 10.2 Å². The van der Waals surface area contributed by atoms with Crippen LogP contribution < -0.4 is 0 Å². The van der Waals surface area contributed by atoms with E-state index in [0.717, 1.165) is 25.3 Å². The molecule has 10 nitrogen and oxygen atoms in total. The summed E-state index contributed by atoms with van der Waals surface area (Å²) in [5.41, 5.74) is 0.425. The monoisotopic (exact) mass is 429 g/mol. The molecule has 0 unspecified atom stereocenters. The predicted molar refractivity (Wildman–Crippen MR) is 110 cm³/mol. The minimum absolute atomic E-state index is 0.0316. The van der Waals surface area contributed by atoms with Crippen LogP contribution in [0.1, 0.15) is 19.3 Å². The number of azo groups is 1. The molecule has 2 aromatic carbocycles. The van der Waals surface area contributed by atoms with Gasteiger partial charge < -0.3 is 10.1 Å². The molecule has 0 aliphatic carbocycles.